The highest BCUT2D eigenvalue weighted by Gasteiger charge is 2.16. The van der Waals surface area contributed by atoms with Gasteiger partial charge in [0.2, 0.25) is 5.16 Å². The van der Waals surface area contributed by atoms with E-state index in [1.54, 1.807) is 6.26 Å². The van der Waals surface area contributed by atoms with Gasteiger partial charge in [0.15, 0.2) is 5.82 Å². The summed E-state index contributed by atoms with van der Waals surface area (Å²) in [5.41, 5.74) is 2.99. The normalized spacial score (nSPS) is 11.2. The van der Waals surface area contributed by atoms with Crippen molar-refractivity contribution in [2.75, 3.05) is 5.84 Å². The van der Waals surface area contributed by atoms with Crippen LogP contribution in [0.5, 0.6) is 0 Å². The topological polar surface area (TPSA) is 82.8 Å². The quantitative estimate of drug-likeness (QED) is 0.454. The van der Waals surface area contributed by atoms with E-state index < -0.39 is 0 Å². The van der Waals surface area contributed by atoms with Crippen LogP contribution in [-0.2, 0) is 5.75 Å². The third-order valence-corrected chi connectivity index (χ3v) is 4.83. The fourth-order valence-electron chi connectivity index (χ4n) is 2.60. The number of aryl methyl sites for hydroxylation is 1. The Labute approximate surface area is 142 Å². The van der Waals surface area contributed by atoms with Gasteiger partial charge in [0.1, 0.15) is 5.76 Å². The highest BCUT2D eigenvalue weighted by Crippen LogP contribution is 2.28. The molecular formula is C17H15N5OS. The van der Waals surface area contributed by atoms with Gasteiger partial charge in [-0.3, -0.25) is 4.98 Å². The molecule has 0 radical (unpaired) electrons. The van der Waals surface area contributed by atoms with Crippen molar-refractivity contribution in [2.24, 2.45) is 0 Å². The van der Waals surface area contributed by atoms with Crippen molar-refractivity contribution in [3.63, 3.8) is 0 Å². The number of hydrogen-bond acceptors (Lipinski definition) is 6. The standard InChI is InChI=1S/C17H15N5OS/c1-11-14(7-9-23-11)16-20-21-17(22(16)18)24-10-13-5-2-4-12-6-3-8-19-15(12)13/h2-9H,10,18H2,1H3. The fourth-order valence-corrected chi connectivity index (χ4v) is 3.44. The molecule has 120 valence electrons. The van der Waals surface area contributed by atoms with Gasteiger partial charge in [-0.2, -0.15) is 0 Å². The molecular weight excluding hydrogens is 322 g/mol. The average molecular weight is 337 g/mol. The van der Waals surface area contributed by atoms with E-state index in [4.69, 9.17) is 10.3 Å². The Morgan fingerprint density at radius 1 is 1.17 bits per heavy atom. The highest BCUT2D eigenvalue weighted by molar-refractivity contribution is 7.98. The number of nitrogens with two attached hydrogens (primary N) is 1. The van der Waals surface area contributed by atoms with Crippen LogP contribution in [0.1, 0.15) is 11.3 Å². The zero-order valence-corrected chi connectivity index (χ0v) is 13.8. The van der Waals surface area contributed by atoms with Gasteiger partial charge >= 0.3 is 0 Å². The van der Waals surface area contributed by atoms with Crippen molar-refractivity contribution < 1.29 is 4.42 Å². The predicted molar refractivity (Wildman–Crippen MR) is 93.9 cm³/mol. The van der Waals surface area contributed by atoms with Gasteiger partial charge in [-0.1, -0.05) is 36.0 Å². The number of thioether (sulfide) groups is 1. The number of fused-ring (bicyclic) bond motifs is 1. The van der Waals surface area contributed by atoms with E-state index in [9.17, 15) is 0 Å². The lowest BCUT2D eigenvalue weighted by molar-refractivity contribution is 0.535. The second-order valence-corrected chi connectivity index (χ2v) is 6.29. The van der Waals surface area contributed by atoms with Crippen molar-refractivity contribution in [2.45, 2.75) is 17.8 Å². The average Bonchev–Trinajstić information content (AvgIpc) is 3.18. The molecule has 0 atom stereocenters. The van der Waals surface area contributed by atoms with Crippen molar-refractivity contribution >= 4 is 22.7 Å². The third kappa shape index (κ3) is 2.52. The molecule has 0 aliphatic carbocycles. The molecule has 0 saturated carbocycles. The fraction of sp³-hybridized carbons (Fsp3) is 0.118. The first kappa shape index (κ1) is 14.8. The van der Waals surface area contributed by atoms with Gasteiger partial charge in [0.25, 0.3) is 0 Å². The summed E-state index contributed by atoms with van der Waals surface area (Å²) >= 11 is 1.53. The molecule has 0 amide bonds. The monoisotopic (exact) mass is 337 g/mol. The Kier molecular flexibility index (Phi) is 3.70. The number of hydrogen-bond donors (Lipinski definition) is 1. The Morgan fingerprint density at radius 2 is 2.04 bits per heavy atom. The Balaban J connectivity index is 1.60. The van der Waals surface area contributed by atoms with Crippen molar-refractivity contribution in [3.05, 3.63) is 60.2 Å². The molecule has 0 bridgehead atoms. The maximum atomic E-state index is 6.15. The van der Waals surface area contributed by atoms with Crippen LogP contribution in [0.2, 0.25) is 0 Å². The lowest BCUT2D eigenvalue weighted by Crippen LogP contribution is -2.11. The molecule has 4 aromatic rings. The van der Waals surface area contributed by atoms with Crippen LogP contribution < -0.4 is 5.84 Å². The smallest absolute Gasteiger partial charge is 0.210 e. The summed E-state index contributed by atoms with van der Waals surface area (Å²) in [6.45, 7) is 1.87. The molecule has 0 saturated heterocycles. The zero-order chi connectivity index (χ0) is 16.5. The number of nitrogens with zero attached hydrogens (tertiary/aromatic N) is 4. The number of pyridine rings is 1. The van der Waals surface area contributed by atoms with Gasteiger partial charge in [0.05, 0.1) is 17.3 Å². The molecule has 7 heteroatoms. The first-order valence-corrected chi connectivity index (χ1v) is 8.43. The molecule has 4 rings (SSSR count). The predicted octanol–water partition coefficient (Wildman–Crippen LogP) is 3.40. The molecule has 0 spiro atoms. The number of aromatic nitrogens is 4. The van der Waals surface area contributed by atoms with Crippen LogP contribution in [0.25, 0.3) is 22.3 Å². The molecule has 24 heavy (non-hydrogen) atoms. The first-order chi connectivity index (χ1) is 11.7. The Morgan fingerprint density at radius 3 is 2.88 bits per heavy atom. The van der Waals surface area contributed by atoms with E-state index in [-0.39, 0.29) is 0 Å². The summed E-state index contributed by atoms with van der Waals surface area (Å²) in [4.78, 5) is 4.47. The van der Waals surface area contributed by atoms with E-state index >= 15 is 0 Å². The van der Waals surface area contributed by atoms with Crippen LogP contribution >= 0.6 is 11.8 Å². The van der Waals surface area contributed by atoms with Crippen molar-refractivity contribution in [1.82, 2.24) is 19.9 Å². The minimum Gasteiger partial charge on any atom is -0.469 e. The maximum absolute atomic E-state index is 6.15. The highest BCUT2D eigenvalue weighted by atomic mass is 32.2. The van der Waals surface area contributed by atoms with E-state index in [0.29, 0.717) is 16.7 Å². The molecule has 3 heterocycles. The SMILES string of the molecule is Cc1occc1-c1nnc(SCc2cccc3cccnc23)n1N. The van der Waals surface area contributed by atoms with Crippen LogP contribution in [-0.4, -0.2) is 19.9 Å². The molecule has 0 unspecified atom stereocenters. The first-order valence-electron chi connectivity index (χ1n) is 7.44. The summed E-state index contributed by atoms with van der Waals surface area (Å²) in [6, 6.07) is 12.0. The van der Waals surface area contributed by atoms with E-state index in [1.807, 2.05) is 31.3 Å². The molecule has 0 aliphatic rings. The van der Waals surface area contributed by atoms with Gasteiger partial charge in [-0.15, -0.1) is 10.2 Å². The second-order valence-electron chi connectivity index (χ2n) is 5.35. The summed E-state index contributed by atoms with van der Waals surface area (Å²) < 4.78 is 6.81. The Hall–Kier alpha value is -2.80. The minimum atomic E-state index is 0.597. The van der Waals surface area contributed by atoms with E-state index in [2.05, 4.69) is 33.4 Å². The van der Waals surface area contributed by atoms with Crippen molar-refractivity contribution in [1.29, 1.82) is 0 Å². The number of benzene rings is 1. The zero-order valence-electron chi connectivity index (χ0n) is 13.0. The molecule has 3 aromatic heterocycles. The summed E-state index contributed by atoms with van der Waals surface area (Å²) in [5.74, 6) is 8.23. The van der Waals surface area contributed by atoms with Crippen LogP contribution in [0.3, 0.4) is 0 Å². The molecule has 1 aromatic carbocycles. The summed E-state index contributed by atoms with van der Waals surface area (Å²) in [5, 5.41) is 10.2. The third-order valence-electron chi connectivity index (χ3n) is 3.84. The molecule has 0 fully saturated rings. The largest absolute Gasteiger partial charge is 0.469 e. The number of nitrogen functional groups attached to an aromatic ring is 1. The van der Waals surface area contributed by atoms with Crippen LogP contribution in [0.4, 0.5) is 0 Å². The van der Waals surface area contributed by atoms with E-state index in [1.165, 1.54) is 16.4 Å². The number of para-hydroxylation sites is 1. The summed E-state index contributed by atoms with van der Waals surface area (Å²) in [6.07, 6.45) is 3.43. The van der Waals surface area contributed by atoms with Gasteiger partial charge in [-0.05, 0) is 24.6 Å². The second kappa shape index (κ2) is 6.01. The summed E-state index contributed by atoms with van der Waals surface area (Å²) in [7, 11) is 0. The minimum absolute atomic E-state index is 0.597. The van der Waals surface area contributed by atoms with Gasteiger partial charge in [-0.25, -0.2) is 4.68 Å². The van der Waals surface area contributed by atoms with Crippen molar-refractivity contribution in [3.8, 4) is 11.4 Å². The lowest BCUT2D eigenvalue weighted by Gasteiger charge is -2.05. The van der Waals surface area contributed by atoms with Gasteiger partial charge < -0.3 is 10.3 Å². The number of rotatable bonds is 4. The van der Waals surface area contributed by atoms with E-state index in [0.717, 1.165) is 27.8 Å². The molecule has 6 nitrogen and oxygen atoms in total. The Bertz CT molecular complexity index is 1000. The lowest BCUT2D eigenvalue weighted by atomic mass is 10.1. The molecule has 0 aliphatic heterocycles. The van der Waals surface area contributed by atoms with Crippen LogP contribution in [0, 0.1) is 6.92 Å². The maximum Gasteiger partial charge on any atom is 0.210 e. The molecule has 2 N–H and O–H groups in total. The number of furan rings is 1. The van der Waals surface area contributed by atoms with Gasteiger partial charge in [0, 0.05) is 17.3 Å². The van der Waals surface area contributed by atoms with Crippen LogP contribution in [0.15, 0.2) is 58.4 Å².